The van der Waals surface area contributed by atoms with Gasteiger partial charge >= 0.3 is 18.3 Å². The summed E-state index contributed by atoms with van der Waals surface area (Å²) in [4.78, 5) is 48.1. The van der Waals surface area contributed by atoms with Gasteiger partial charge in [-0.05, 0) is 43.2 Å². The van der Waals surface area contributed by atoms with E-state index in [0.29, 0.717) is 6.54 Å². The molecule has 2 N–H and O–H groups in total. The lowest BCUT2D eigenvalue weighted by Gasteiger charge is -2.34. The zero-order chi connectivity index (χ0) is 34.0. The molecule has 2 aliphatic rings. The second-order valence-electron chi connectivity index (χ2n) is 10.8. The maximum absolute atomic E-state index is 13.9. The maximum Gasteiger partial charge on any atom is 0.490 e. The molecule has 1 spiro atoms. The lowest BCUT2D eigenvalue weighted by Crippen LogP contribution is -2.52. The van der Waals surface area contributed by atoms with E-state index in [1.54, 1.807) is 12.1 Å². The number of nitrogens with one attached hydrogen (secondary N) is 1. The molecular formula is C28H26F6N8O5. The fraction of sp³-hybridized carbons (Fsp3) is 0.393. The van der Waals surface area contributed by atoms with E-state index >= 15 is 0 Å². The summed E-state index contributed by atoms with van der Waals surface area (Å²) in [5.74, 6) is -3.09. The number of carbonyl (C=O) groups excluding carboxylic acids is 1. The van der Waals surface area contributed by atoms with Crippen LogP contribution in [0.5, 0.6) is 5.75 Å². The quantitative estimate of drug-likeness (QED) is 0.210. The van der Waals surface area contributed by atoms with Crippen molar-refractivity contribution in [1.29, 1.82) is 0 Å². The Hall–Kier alpha value is -4.91. The number of fused-ring (bicyclic) bond motifs is 1. The highest BCUT2D eigenvalue weighted by molar-refractivity contribution is 5.96. The fourth-order valence-electron chi connectivity index (χ4n) is 4.97. The lowest BCUT2D eigenvalue weighted by molar-refractivity contribution is -0.192. The van der Waals surface area contributed by atoms with Crippen LogP contribution in [0, 0.1) is 0 Å². The second kappa shape index (κ2) is 13.1. The zero-order valence-corrected chi connectivity index (χ0v) is 24.3. The smallest absolute Gasteiger partial charge is 0.482 e. The van der Waals surface area contributed by atoms with Crippen LogP contribution in [0.15, 0.2) is 53.7 Å². The number of benzene rings is 1. The van der Waals surface area contributed by atoms with E-state index in [1.165, 1.54) is 46.2 Å². The summed E-state index contributed by atoms with van der Waals surface area (Å²) < 4.78 is 77.6. The average Bonchev–Trinajstić information content (AvgIpc) is 3.52. The molecule has 3 aromatic heterocycles. The highest BCUT2D eigenvalue weighted by Gasteiger charge is 2.45. The summed E-state index contributed by atoms with van der Waals surface area (Å²) in [7, 11) is 0. The van der Waals surface area contributed by atoms with Gasteiger partial charge in [0.15, 0.2) is 18.0 Å². The highest BCUT2D eigenvalue weighted by atomic mass is 19.4. The van der Waals surface area contributed by atoms with Crippen molar-refractivity contribution < 1.29 is 45.8 Å². The van der Waals surface area contributed by atoms with Crippen LogP contribution >= 0.6 is 0 Å². The summed E-state index contributed by atoms with van der Waals surface area (Å²) in [5.41, 5.74) is -0.121. The maximum atomic E-state index is 13.9. The van der Waals surface area contributed by atoms with Crippen molar-refractivity contribution in [1.82, 2.24) is 39.7 Å². The molecule has 4 heterocycles. The largest absolute Gasteiger partial charge is 0.490 e. The van der Waals surface area contributed by atoms with Crippen molar-refractivity contribution in [3.05, 3.63) is 70.7 Å². The average molecular weight is 669 g/mol. The van der Waals surface area contributed by atoms with Crippen LogP contribution in [0.1, 0.15) is 29.0 Å². The van der Waals surface area contributed by atoms with E-state index in [2.05, 4.69) is 30.4 Å². The molecule has 0 bridgehead atoms. The molecule has 1 aliphatic carbocycles. The van der Waals surface area contributed by atoms with Crippen LogP contribution in [0.4, 0.5) is 26.3 Å². The number of pyridine rings is 1. The molecule has 4 aromatic rings. The molecular weight excluding hydrogens is 642 g/mol. The number of hydrogen-bond donors (Lipinski definition) is 2. The van der Waals surface area contributed by atoms with Crippen LogP contribution in [-0.2, 0) is 17.9 Å². The minimum absolute atomic E-state index is 0.0157. The van der Waals surface area contributed by atoms with Crippen LogP contribution in [0.3, 0.4) is 0 Å². The first-order valence-electron chi connectivity index (χ1n) is 14.0. The number of ketones is 1. The molecule has 250 valence electrons. The monoisotopic (exact) mass is 668 g/mol. The number of rotatable bonds is 8. The first-order valence-corrected chi connectivity index (χ1v) is 14.0. The standard InChI is InChI=1S/C26H25F3N8O3.C2HF3O2/c27-26(28,29)16-40-21-4-3-17(20(38)13-36-32-8-9-33-36)12-19(21)37-22(14-35-11-10-31-25(15-35)5-6-25)34-23-18(24(37)39)2-1-7-30-23;3-2(4,5)1(6)7/h1-4,7-9,12,31H,5-6,10-11,13-16H2;(H,6,7). The summed E-state index contributed by atoms with van der Waals surface area (Å²) >= 11 is 0. The van der Waals surface area contributed by atoms with Gasteiger partial charge in [0.1, 0.15) is 18.1 Å². The normalized spacial score (nSPS) is 16.0. The van der Waals surface area contributed by atoms with Crippen LogP contribution in [0.2, 0.25) is 0 Å². The van der Waals surface area contributed by atoms with Crippen molar-refractivity contribution in [3.63, 3.8) is 0 Å². The van der Waals surface area contributed by atoms with Gasteiger partial charge in [-0.1, -0.05) is 0 Å². The number of hydrogen-bond acceptors (Lipinski definition) is 10. The highest BCUT2D eigenvalue weighted by Crippen LogP contribution is 2.38. The Morgan fingerprint density at radius 3 is 2.38 bits per heavy atom. The fourth-order valence-corrected chi connectivity index (χ4v) is 4.97. The molecule has 0 atom stereocenters. The number of halogens is 6. The third-order valence-electron chi connectivity index (χ3n) is 7.29. The van der Waals surface area contributed by atoms with E-state index in [-0.39, 0.29) is 52.5 Å². The predicted octanol–water partition coefficient (Wildman–Crippen LogP) is 2.77. The summed E-state index contributed by atoms with van der Waals surface area (Å²) in [5, 5.41) is 18.7. The van der Waals surface area contributed by atoms with E-state index in [1.807, 2.05) is 0 Å². The van der Waals surface area contributed by atoms with Crippen molar-refractivity contribution in [3.8, 4) is 11.4 Å². The number of piperazine rings is 1. The van der Waals surface area contributed by atoms with Gasteiger partial charge in [-0.15, -0.1) is 0 Å². The number of aliphatic carboxylic acids is 1. The van der Waals surface area contributed by atoms with Crippen molar-refractivity contribution in [2.24, 2.45) is 0 Å². The number of ether oxygens (including phenoxy) is 1. The molecule has 19 heteroatoms. The molecule has 0 radical (unpaired) electrons. The topological polar surface area (TPSA) is 157 Å². The molecule has 1 aliphatic heterocycles. The molecule has 2 fully saturated rings. The molecule has 0 amide bonds. The molecule has 13 nitrogen and oxygen atoms in total. The Morgan fingerprint density at radius 1 is 1.04 bits per heavy atom. The number of alkyl halides is 6. The molecule has 1 saturated heterocycles. The zero-order valence-electron chi connectivity index (χ0n) is 24.3. The molecule has 1 saturated carbocycles. The minimum atomic E-state index is -5.08. The number of carboxylic acid groups (broad SMARTS) is 1. The van der Waals surface area contributed by atoms with E-state index < -0.39 is 36.3 Å². The first-order chi connectivity index (χ1) is 22.1. The Labute approximate surface area is 260 Å². The lowest BCUT2D eigenvalue weighted by atomic mass is 10.1. The van der Waals surface area contributed by atoms with Crippen molar-refractivity contribution in [2.45, 2.75) is 43.8 Å². The second-order valence-corrected chi connectivity index (χ2v) is 10.8. The van der Waals surface area contributed by atoms with Gasteiger partial charge in [-0.3, -0.25) is 19.1 Å². The third kappa shape index (κ3) is 8.28. The molecule has 47 heavy (non-hydrogen) atoms. The Balaban J connectivity index is 0.000000559. The molecule has 6 rings (SSSR count). The van der Waals surface area contributed by atoms with E-state index in [4.69, 9.17) is 14.6 Å². The van der Waals surface area contributed by atoms with E-state index in [9.17, 15) is 35.9 Å². The van der Waals surface area contributed by atoms with Gasteiger partial charge in [0.05, 0.1) is 30.0 Å². The van der Waals surface area contributed by atoms with Gasteiger partial charge in [0.25, 0.3) is 5.56 Å². The number of carbonyl (C=O) groups is 2. The van der Waals surface area contributed by atoms with Gasteiger partial charge in [-0.2, -0.15) is 41.3 Å². The molecule has 1 aromatic carbocycles. The Morgan fingerprint density at radius 2 is 1.74 bits per heavy atom. The minimum Gasteiger partial charge on any atom is -0.482 e. The van der Waals surface area contributed by atoms with Gasteiger partial charge in [0.2, 0.25) is 0 Å². The number of aromatic nitrogens is 6. The number of carboxylic acids is 1. The Bertz CT molecular complexity index is 1820. The first kappa shape index (κ1) is 33.5. The number of Topliss-reactive ketones (excluding diaryl/α,β-unsaturated/α-hetero) is 1. The number of nitrogens with zero attached hydrogens (tertiary/aromatic N) is 7. The van der Waals surface area contributed by atoms with Crippen LogP contribution in [0.25, 0.3) is 16.7 Å². The van der Waals surface area contributed by atoms with Crippen LogP contribution < -0.4 is 15.6 Å². The van der Waals surface area contributed by atoms with Gasteiger partial charge in [0, 0.05) is 36.9 Å². The van der Waals surface area contributed by atoms with Crippen molar-refractivity contribution in [2.75, 3.05) is 26.2 Å². The van der Waals surface area contributed by atoms with E-state index in [0.717, 1.165) is 25.9 Å². The Kier molecular flexibility index (Phi) is 9.30. The van der Waals surface area contributed by atoms with Gasteiger partial charge < -0.3 is 15.2 Å². The SMILES string of the molecule is O=C(Cn1nccn1)c1ccc(OCC(F)(F)F)c(-n2c(CN3CCNC4(CC4)C3)nc3ncccc3c2=O)c1.O=C(O)C(F)(F)F. The van der Waals surface area contributed by atoms with Crippen LogP contribution in [-0.4, -0.2) is 95.4 Å². The summed E-state index contributed by atoms with van der Waals surface area (Å²) in [6, 6.07) is 7.11. The molecule has 0 unspecified atom stereocenters. The summed E-state index contributed by atoms with van der Waals surface area (Å²) in [6.45, 7) is 0.693. The van der Waals surface area contributed by atoms with Gasteiger partial charge in [-0.25, -0.2) is 14.8 Å². The third-order valence-corrected chi connectivity index (χ3v) is 7.29. The predicted molar refractivity (Wildman–Crippen MR) is 150 cm³/mol. The summed E-state index contributed by atoms with van der Waals surface area (Å²) in [6.07, 6.45) is -3.23. The van der Waals surface area contributed by atoms with Crippen molar-refractivity contribution >= 4 is 22.8 Å².